The summed E-state index contributed by atoms with van der Waals surface area (Å²) in [7, 11) is -7.27. The fourth-order valence-corrected chi connectivity index (χ4v) is 7.17. The molecule has 0 amide bonds. The Kier molecular flexibility index (Phi) is 7.88. The van der Waals surface area contributed by atoms with E-state index in [9.17, 15) is 21.2 Å². The lowest BCUT2D eigenvalue weighted by molar-refractivity contribution is 0.399. The number of benzene rings is 4. The van der Waals surface area contributed by atoms with Gasteiger partial charge in [-0.3, -0.25) is 0 Å². The van der Waals surface area contributed by atoms with E-state index in [-0.39, 0.29) is 22.9 Å². The Bertz CT molecular complexity index is 1670. The smallest absolute Gasteiger partial charge is 0.224 e. The lowest BCUT2D eigenvalue weighted by atomic mass is 10.0. The van der Waals surface area contributed by atoms with Crippen LogP contribution in [-0.4, -0.2) is 27.4 Å². The Morgan fingerprint density at radius 2 is 1.29 bits per heavy atom. The molecule has 0 atom stereocenters. The Hall–Kier alpha value is -3.33. The number of halogens is 1. The molecular weight excluding hydrogens is 521 g/mol. The van der Waals surface area contributed by atoms with Gasteiger partial charge < -0.3 is 0 Å². The number of nitrogens with zero attached hydrogens (tertiary/aromatic N) is 1. The van der Waals surface area contributed by atoms with Crippen LogP contribution in [0.4, 0.5) is 4.39 Å². The maximum atomic E-state index is 14.0. The zero-order valence-electron chi connectivity index (χ0n) is 21.8. The van der Waals surface area contributed by atoms with Gasteiger partial charge in [-0.25, -0.2) is 21.2 Å². The van der Waals surface area contributed by atoms with Gasteiger partial charge in [0.15, 0.2) is 9.84 Å². The molecular formula is C30H30FNO4S2. The first kappa shape index (κ1) is 27.7. The van der Waals surface area contributed by atoms with Crippen molar-refractivity contribution in [3.63, 3.8) is 0 Å². The van der Waals surface area contributed by atoms with E-state index in [1.165, 1.54) is 22.7 Å². The molecule has 0 bridgehead atoms. The predicted octanol–water partition coefficient (Wildman–Crippen LogP) is 6.21. The molecule has 8 heteroatoms. The minimum atomic E-state index is -3.93. The highest BCUT2D eigenvalue weighted by atomic mass is 32.2. The maximum Gasteiger partial charge on any atom is 0.244 e. The largest absolute Gasteiger partial charge is 0.244 e. The molecule has 38 heavy (non-hydrogen) atoms. The summed E-state index contributed by atoms with van der Waals surface area (Å²) < 4.78 is 67.2. The number of aryl methyl sites for hydroxylation is 3. The molecule has 0 N–H and O–H groups in total. The summed E-state index contributed by atoms with van der Waals surface area (Å²) in [4.78, 5) is 0.490. The summed E-state index contributed by atoms with van der Waals surface area (Å²) in [6.07, 6.45) is 1.17. The molecule has 0 radical (unpaired) electrons. The zero-order chi connectivity index (χ0) is 27.7. The fourth-order valence-electron chi connectivity index (χ4n) is 4.68. The van der Waals surface area contributed by atoms with Gasteiger partial charge in [0.05, 0.1) is 9.79 Å². The summed E-state index contributed by atoms with van der Waals surface area (Å²) in [5, 5.41) is 0. The number of rotatable bonds is 8. The van der Waals surface area contributed by atoms with E-state index in [4.69, 9.17) is 0 Å². The minimum absolute atomic E-state index is 0.00497. The van der Waals surface area contributed by atoms with Crippen LogP contribution in [0.1, 0.15) is 27.8 Å². The third kappa shape index (κ3) is 6.20. The van der Waals surface area contributed by atoms with Crippen LogP contribution < -0.4 is 0 Å². The highest BCUT2D eigenvalue weighted by Crippen LogP contribution is 2.29. The molecule has 4 aromatic rings. The van der Waals surface area contributed by atoms with Gasteiger partial charge in [0.1, 0.15) is 5.82 Å². The molecule has 4 rings (SSSR count). The van der Waals surface area contributed by atoms with Crippen molar-refractivity contribution in [2.24, 2.45) is 0 Å². The molecule has 0 unspecified atom stereocenters. The van der Waals surface area contributed by atoms with Crippen LogP contribution in [0.3, 0.4) is 0 Å². The van der Waals surface area contributed by atoms with Gasteiger partial charge in [0, 0.05) is 19.3 Å². The molecule has 0 aromatic heterocycles. The summed E-state index contributed by atoms with van der Waals surface area (Å²) >= 11 is 0. The molecule has 4 aromatic carbocycles. The number of hydrogen-bond acceptors (Lipinski definition) is 4. The van der Waals surface area contributed by atoms with E-state index in [1.54, 1.807) is 44.2 Å². The highest BCUT2D eigenvalue weighted by Gasteiger charge is 2.28. The molecule has 198 valence electrons. The van der Waals surface area contributed by atoms with E-state index < -0.39 is 25.7 Å². The van der Waals surface area contributed by atoms with Crippen molar-refractivity contribution in [1.29, 1.82) is 0 Å². The predicted molar refractivity (Wildman–Crippen MR) is 148 cm³/mol. The Morgan fingerprint density at radius 1 is 0.684 bits per heavy atom. The van der Waals surface area contributed by atoms with Crippen LogP contribution in [0, 0.1) is 26.6 Å². The lowest BCUT2D eigenvalue weighted by Gasteiger charge is -2.25. The van der Waals surface area contributed by atoms with Crippen LogP contribution in [-0.2, 0) is 33.0 Å². The van der Waals surface area contributed by atoms with Crippen molar-refractivity contribution in [3.8, 4) is 11.1 Å². The van der Waals surface area contributed by atoms with Gasteiger partial charge in [0.25, 0.3) is 0 Å². The monoisotopic (exact) mass is 551 g/mol. The van der Waals surface area contributed by atoms with Crippen LogP contribution in [0.2, 0.25) is 0 Å². The van der Waals surface area contributed by atoms with Crippen LogP contribution >= 0.6 is 0 Å². The molecule has 0 aliphatic carbocycles. The van der Waals surface area contributed by atoms with Crippen LogP contribution in [0.15, 0.2) is 94.7 Å². The average molecular weight is 552 g/mol. The zero-order valence-corrected chi connectivity index (χ0v) is 23.4. The molecule has 0 fully saturated rings. The first-order chi connectivity index (χ1) is 17.8. The minimum Gasteiger partial charge on any atom is -0.224 e. The van der Waals surface area contributed by atoms with E-state index in [1.807, 2.05) is 49.4 Å². The normalized spacial score (nSPS) is 12.2. The average Bonchev–Trinajstić information content (AvgIpc) is 2.83. The van der Waals surface area contributed by atoms with Gasteiger partial charge in [-0.2, -0.15) is 4.31 Å². The second-order valence-corrected chi connectivity index (χ2v) is 13.5. The van der Waals surface area contributed by atoms with Gasteiger partial charge in [-0.15, -0.1) is 0 Å². The standard InChI is InChI=1S/C30H30FNO4S2/c1-21-15-22(2)30(23(3)16-21)38(35,36)32(20-25-7-5-9-28(31)17-25)19-24-11-13-26(14-12-24)27-8-6-10-29(18-27)37(4,33)34/h5-18H,19-20H2,1-4H3. The number of sulfonamides is 1. The first-order valence-electron chi connectivity index (χ1n) is 12.1. The molecule has 0 heterocycles. The van der Waals surface area contributed by atoms with E-state index in [0.29, 0.717) is 16.7 Å². The van der Waals surface area contributed by atoms with Crippen molar-refractivity contribution in [3.05, 3.63) is 119 Å². The summed E-state index contributed by atoms with van der Waals surface area (Å²) in [6.45, 7) is 5.58. The lowest BCUT2D eigenvalue weighted by Crippen LogP contribution is -2.31. The Balaban J connectivity index is 1.71. The van der Waals surface area contributed by atoms with Crippen molar-refractivity contribution in [2.75, 3.05) is 6.26 Å². The maximum absolute atomic E-state index is 14.0. The molecule has 0 saturated carbocycles. The summed E-state index contributed by atoms with van der Waals surface area (Å²) in [6, 6.07) is 23.7. The highest BCUT2D eigenvalue weighted by molar-refractivity contribution is 7.90. The van der Waals surface area contributed by atoms with E-state index >= 15 is 0 Å². The van der Waals surface area contributed by atoms with Gasteiger partial charge >= 0.3 is 0 Å². The van der Waals surface area contributed by atoms with Crippen molar-refractivity contribution < 1.29 is 21.2 Å². The molecule has 0 spiro atoms. The van der Waals surface area contributed by atoms with Crippen LogP contribution in [0.25, 0.3) is 11.1 Å². The van der Waals surface area contributed by atoms with Crippen molar-refractivity contribution in [1.82, 2.24) is 4.31 Å². The number of sulfone groups is 1. The number of hydrogen-bond donors (Lipinski definition) is 0. The van der Waals surface area contributed by atoms with Gasteiger partial charge in [-0.1, -0.05) is 66.2 Å². The molecule has 0 aliphatic rings. The Morgan fingerprint density at radius 3 is 1.89 bits per heavy atom. The summed E-state index contributed by atoms with van der Waals surface area (Å²) in [5.41, 5.74) is 5.14. The summed E-state index contributed by atoms with van der Waals surface area (Å²) in [5.74, 6) is -0.428. The molecule has 0 aliphatic heterocycles. The fraction of sp³-hybridized carbons (Fsp3) is 0.200. The Labute approximate surface area is 224 Å². The van der Waals surface area contributed by atoms with E-state index in [2.05, 4.69) is 0 Å². The van der Waals surface area contributed by atoms with Crippen LogP contribution in [0.5, 0.6) is 0 Å². The van der Waals surface area contributed by atoms with Gasteiger partial charge in [0.2, 0.25) is 10.0 Å². The molecule has 0 saturated heterocycles. The first-order valence-corrected chi connectivity index (χ1v) is 15.4. The quantitative estimate of drug-likeness (QED) is 0.261. The topological polar surface area (TPSA) is 71.5 Å². The SMILES string of the molecule is Cc1cc(C)c(S(=O)(=O)N(Cc2ccc(-c3cccc(S(C)(=O)=O)c3)cc2)Cc2cccc(F)c2)c(C)c1. The van der Waals surface area contributed by atoms with Gasteiger partial charge in [-0.05, 0) is 78.4 Å². The second-order valence-electron chi connectivity index (χ2n) is 9.63. The second kappa shape index (κ2) is 10.8. The molecule has 5 nitrogen and oxygen atoms in total. The van der Waals surface area contributed by atoms with E-state index in [0.717, 1.165) is 22.3 Å². The third-order valence-electron chi connectivity index (χ3n) is 6.36. The van der Waals surface area contributed by atoms with Crippen molar-refractivity contribution >= 4 is 19.9 Å². The third-order valence-corrected chi connectivity index (χ3v) is 9.57. The van der Waals surface area contributed by atoms with Crippen molar-refractivity contribution in [2.45, 2.75) is 43.7 Å².